The van der Waals surface area contributed by atoms with Crippen molar-refractivity contribution in [3.63, 3.8) is 0 Å². The maximum atomic E-state index is 10.5. The fourth-order valence-electron chi connectivity index (χ4n) is 9.61. The highest BCUT2D eigenvalue weighted by Crippen LogP contribution is 2.47. The molecule has 0 aliphatic rings. The van der Waals surface area contributed by atoms with Crippen molar-refractivity contribution in [3.8, 4) is 109 Å². The Hall–Kier alpha value is -12.3. The second kappa shape index (κ2) is 19.7. The smallest absolute Gasteiger partial charge is 0.189 e. The van der Waals surface area contributed by atoms with Crippen LogP contribution in [-0.4, -0.2) is 19.5 Å². The molecule has 2 aromatic heterocycles. The molecule has 0 unspecified atom stereocenters. The monoisotopic (exact) mass is 978 g/mol. The summed E-state index contributed by atoms with van der Waals surface area (Å²) < 4.78 is 2.07. The van der Waals surface area contributed by atoms with Crippen LogP contribution in [0.5, 0.6) is 0 Å². The van der Waals surface area contributed by atoms with Gasteiger partial charge in [-0.05, 0) is 124 Å². The van der Waals surface area contributed by atoms with E-state index in [1.807, 2.05) is 109 Å². The molecule has 0 aliphatic heterocycles. The zero-order valence-corrected chi connectivity index (χ0v) is 40.2. The van der Waals surface area contributed by atoms with Crippen molar-refractivity contribution in [2.75, 3.05) is 0 Å². The van der Waals surface area contributed by atoms with Crippen molar-refractivity contribution >= 4 is 44.6 Å². The van der Waals surface area contributed by atoms with Crippen molar-refractivity contribution in [1.82, 2.24) is 19.5 Å². The molecule has 0 N–H and O–H groups in total. The number of nitriles is 4. The van der Waals surface area contributed by atoms with E-state index < -0.39 is 0 Å². The van der Waals surface area contributed by atoms with Crippen molar-refractivity contribution in [2.24, 2.45) is 0 Å². The third-order valence-corrected chi connectivity index (χ3v) is 13.0. The predicted octanol–water partition coefficient (Wildman–Crippen LogP) is 16.3. The van der Waals surface area contributed by atoms with Gasteiger partial charge in [0.25, 0.3) is 0 Å². The lowest BCUT2D eigenvalue weighted by atomic mass is 9.90. The molecular formula is C65H30N12. The van der Waals surface area contributed by atoms with Gasteiger partial charge in [-0.15, -0.1) is 0 Å². The summed E-state index contributed by atoms with van der Waals surface area (Å²) in [6, 6.07) is 63.4. The van der Waals surface area contributed by atoms with Gasteiger partial charge in [-0.2, -0.15) is 21.0 Å². The maximum absolute atomic E-state index is 10.5. The van der Waals surface area contributed by atoms with Crippen molar-refractivity contribution in [1.29, 1.82) is 21.0 Å². The number of fused-ring (bicyclic) bond motifs is 3. The van der Waals surface area contributed by atoms with E-state index in [4.69, 9.17) is 41.2 Å². The Morgan fingerprint density at radius 1 is 0.325 bits per heavy atom. The lowest BCUT2D eigenvalue weighted by Crippen LogP contribution is -2.04. The lowest BCUT2D eigenvalue weighted by Gasteiger charge is -2.22. The first kappa shape index (κ1) is 47.1. The molecule has 12 heteroatoms. The zero-order valence-electron chi connectivity index (χ0n) is 40.2. The van der Waals surface area contributed by atoms with Gasteiger partial charge in [-0.25, -0.2) is 34.3 Å². The minimum absolute atomic E-state index is 0.218. The summed E-state index contributed by atoms with van der Waals surface area (Å²) in [5, 5.41) is 42.5. The molecular weight excluding hydrogens is 949 g/mol. The number of hydrogen-bond donors (Lipinski definition) is 0. The second-order valence-corrected chi connectivity index (χ2v) is 17.7. The van der Waals surface area contributed by atoms with Crippen molar-refractivity contribution in [2.45, 2.75) is 0 Å². The van der Waals surface area contributed by atoms with E-state index in [2.05, 4.69) is 48.2 Å². The first-order valence-electron chi connectivity index (χ1n) is 23.6. The molecule has 11 aromatic rings. The van der Waals surface area contributed by atoms with Crippen LogP contribution in [0, 0.1) is 71.6 Å². The molecule has 0 spiro atoms. The fourth-order valence-corrected chi connectivity index (χ4v) is 9.61. The summed E-state index contributed by atoms with van der Waals surface area (Å²) in [6.45, 7) is 32.0. The molecule has 12 nitrogen and oxygen atoms in total. The number of nitrogens with zero attached hydrogens (tertiary/aromatic N) is 12. The van der Waals surface area contributed by atoms with Gasteiger partial charge in [-0.1, -0.05) is 91.0 Å². The molecule has 350 valence electrons. The molecule has 0 atom stereocenters. The Kier molecular flexibility index (Phi) is 12.1. The highest BCUT2D eigenvalue weighted by molar-refractivity contribution is 6.13. The molecule has 0 saturated carbocycles. The van der Waals surface area contributed by atoms with Crippen molar-refractivity contribution in [3.05, 3.63) is 250 Å². The van der Waals surface area contributed by atoms with Crippen LogP contribution in [0.25, 0.3) is 126 Å². The van der Waals surface area contributed by atoms with Gasteiger partial charge >= 0.3 is 0 Å². The number of aromatic nitrogens is 4. The van der Waals surface area contributed by atoms with Gasteiger partial charge in [0.15, 0.2) is 40.2 Å². The Bertz CT molecular complexity index is 4250. The molecule has 0 radical (unpaired) electrons. The topological polar surface area (TPSA) is 156 Å². The normalized spacial score (nSPS) is 10.5. The van der Waals surface area contributed by atoms with E-state index in [0.717, 1.165) is 21.9 Å². The van der Waals surface area contributed by atoms with Gasteiger partial charge < -0.3 is 4.57 Å². The standard InChI is InChI=1S/C65H30N12/c1-70-52-24-41(37-68)20-47(26-52)45-15-17-60-58(30-45)59-31-46(48-21-42(38-69)25-53(27-48)71-2)16-18-61(59)77(60)62-56(49-22-39(35-66)19-40(23-49)36-67)32-51(33-57(62)50-28-54(72-3)34-55(29-50)73-4)65-75-63(43-11-7-5-8-12-43)74-64(76-65)44-13-9-6-10-14-44/h5-34H. The van der Waals surface area contributed by atoms with Crippen LogP contribution in [0.3, 0.4) is 0 Å². The van der Waals surface area contributed by atoms with Crippen LogP contribution in [0.4, 0.5) is 22.7 Å². The van der Waals surface area contributed by atoms with E-state index in [9.17, 15) is 21.0 Å². The van der Waals surface area contributed by atoms with E-state index >= 15 is 0 Å². The molecule has 0 aliphatic carbocycles. The third-order valence-electron chi connectivity index (χ3n) is 13.0. The van der Waals surface area contributed by atoms with Crippen LogP contribution in [0.15, 0.2) is 182 Å². The molecule has 0 fully saturated rings. The molecule has 0 amide bonds. The number of hydrogen-bond acceptors (Lipinski definition) is 7. The van der Waals surface area contributed by atoms with Crippen LogP contribution >= 0.6 is 0 Å². The van der Waals surface area contributed by atoms with Gasteiger partial charge in [0.2, 0.25) is 0 Å². The molecule has 0 saturated heterocycles. The summed E-state index contributed by atoms with van der Waals surface area (Å²) in [4.78, 5) is 30.1. The van der Waals surface area contributed by atoms with Crippen LogP contribution in [0.2, 0.25) is 0 Å². The Morgan fingerprint density at radius 3 is 1.10 bits per heavy atom. The highest BCUT2D eigenvalue weighted by Gasteiger charge is 2.25. The van der Waals surface area contributed by atoms with Crippen LogP contribution in [-0.2, 0) is 0 Å². The van der Waals surface area contributed by atoms with Gasteiger partial charge in [0.05, 0.1) is 78.4 Å². The van der Waals surface area contributed by atoms with Gasteiger partial charge in [0.1, 0.15) is 0 Å². The largest absolute Gasteiger partial charge is 0.308 e. The summed E-state index contributed by atoms with van der Waals surface area (Å²) >= 11 is 0. The molecule has 77 heavy (non-hydrogen) atoms. The SMILES string of the molecule is [C-]#[N+]c1cc(C#N)cc(-c2ccc3c(c2)c2cc(-c4cc(C#N)cc([N+]#[C-])c4)ccc2n3-c2c(-c3cc(C#N)cc(C#N)c3)cc(-c3nc(-c4ccccc4)nc(-c4ccccc4)n3)cc2-c2cc([N+]#[C-])cc([N+]#[C-])c2)c1. The lowest BCUT2D eigenvalue weighted by molar-refractivity contribution is 1.07. The molecule has 11 rings (SSSR count). The van der Waals surface area contributed by atoms with Gasteiger partial charge in [0, 0.05) is 49.7 Å². The average Bonchev–Trinajstić information content (AvgIpc) is 4.05. The predicted molar refractivity (Wildman–Crippen MR) is 296 cm³/mol. The minimum atomic E-state index is 0.218. The fraction of sp³-hybridized carbons (Fsp3) is 0. The Labute approximate surface area is 441 Å². The average molecular weight is 979 g/mol. The zero-order chi connectivity index (χ0) is 53.2. The molecule has 2 heterocycles. The summed E-state index contributed by atoms with van der Waals surface area (Å²) in [7, 11) is 0. The highest BCUT2D eigenvalue weighted by atomic mass is 15.0. The van der Waals surface area contributed by atoms with Crippen LogP contribution in [0.1, 0.15) is 22.3 Å². The third kappa shape index (κ3) is 8.84. The van der Waals surface area contributed by atoms with E-state index in [0.29, 0.717) is 107 Å². The second-order valence-electron chi connectivity index (χ2n) is 17.7. The first-order chi connectivity index (χ1) is 37.7. The van der Waals surface area contributed by atoms with E-state index in [-0.39, 0.29) is 22.5 Å². The quantitative estimate of drug-likeness (QED) is 0.137. The summed E-state index contributed by atoms with van der Waals surface area (Å²) in [6.07, 6.45) is 0. The van der Waals surface area contributed by atoms with E-state index in [1.165, 1.54) is 24.3 Å². The van der Waals surface area contributed by atoms with Gasteiger partial charge in [-0.3, -0.25) is 0 Å². The summed E-state index contributed by atoms with van der Waals surface area (Å²) in [5.74, 6) is 1.11. The van der Waals surface area contributed by atoms with E-state index in [1.54, 1.807) is 48.5 Å². The number of rotatable bonds is 8. The maximum Gasteiger partial charge on any atom is 0.189 e. The molecule has 0 bridgehead atoms. The first-order valence-corrected chi connectivity index (χ1v) is 23.6. The number of benzene rings is 9. The Morgan fingerprint density at radius 2 is 0.688 bits per heavy atom. The molecule has 9 aromatic carbocycles. The van der Waals surface area contributed by atoms with Crippen molar-refractivity contribution < 1.29 is 0 Å². The summed E-state index contributed by atoms with van der Waals surface area (Å²) in [5.41, 5.74) is 10.9. The minimum Gasteiger partial charge on any atom is -0.308 e. The van der Waals surface area contributed by atoms with Crippen LogP contribution < -0.4 is 0 Å². The Balaban J connectivity index is 1.31.